The van der Waals surface area contributed by atoms with Crippen LogP contribution in [-0.4, -0.2) is 6.54 Å². The normalized spacial score (nSPS) is 29.9. The van der Waals surface area contributed by atoms with Crippen LogP contribution in [0.5, 0.6) is 0 Å². The van der Waals surface area contributed by atoms with Crippen molar-refractivity contribution >= 4 is 15.9 Å². The summed E-state index contributed by atoms with van der Waals surface area (Å²) in [6.07, 6.45) is 6.83. The number of hydrogen-bond donors (Lipinski definition) is 1. The van der Waals surface area contributed by atoms with Gasteiger partial charge in [0.2, 0.25) is 0 Å². The molecule has 1 N–H and O–H groups in total. The summed E-state index contributed by atoms with van der Waals surface area (Å²) in [6.45, 7) is 3.05. The van der Waals surface area contributed by atoms with Crippen molar-refractivity contribution in [1.29, 1.82) is 0 Å². The van der Waals surface area contributed by atoms with E-state index in [2.05, 4.69) is 28.2 Å². The van der Waals surface area contributed by atoms with E-state index in [1.165, 1.54) is 31.7 Å². The summed E-state index contributed by atoms with van der Waals surface area (Å²) < 4.78 is 14.4. The van der Waals surface area contributed by atoms with E-state index in [0.29, 0.717) is 4.47 Å². The summed E-state index contributed by atoms with van der Waals surface area (Å²) in [7, 11) is 0. The van der Waals surface area contributed by atoms with Crippen molar-refractivity contribution in [2.24, 2.45) is 17.8 Å². The van der Waals surface area contributed by atoms with Gasteiger partial charge in [0.25, 0.3) is 0 Å². The van der Waals surface area contributed by atoms with Crippen molar-refractivity contribution in [2.45, 2.75) is 45.1 Å². The van der Waals surface area contributed by atoms with E-state index in [1.807, 2.05) is 12.1 Å². The Bertz CT molecular complexity index is 476. The fourth-order valence-corrected chi connectivity index (χ4v) is 4.86. The van der Waals surface area contributed by atoms with Crippen molar-refractivity contribution < 1.29 is 4.39 Å². The summed E-state index contributed by atoms with van der Waals surface area (Å²) in [5, 5.41) is 3.56. The maximum Gasteiger partial charge on any atom is 0.137 e. The Morgan fingerprint density at radius 1 is 1.35 bits per heavy atom. The van der Waals surface area contributed by atoms with E-state index in [-0.39, 0.29) is 11.9 Å². The first-order chi connectivity index (χ1) is 9.69. The number of hydrogen-bond acceptors (Lipinski definition) is 1. The summed E-state index contributed by atoms with van der Waals surface area (Å²) in [6, 6.07) is 5.66. The minimum Gasteiger partial charge on any atom is -0.310 e. The maximum absolute atomic E-state index is 13.8. The summed E-state index contributed by atoms with van der Waals surface area (Å²) in [5.41, 5.74) is 1.08. The van der Waals surface area contributed by atoms with Crippen LogP contribution in [0.25, 0.3) is 0 Å². The average Bonchev–Trinajstić information content (AvgIpc) is 3.04. The quantitative estimate of drug-likeness (QED) is 0.789. The molecular formula is C17H23BrFN. The number of rotatable bonds is 5. The molecule has 0 amide bonds. The van der Waals surface area contributed by atoms with E-state index < -0.39 is 0 Å². The highest BCUT2D eigenvalue weighted by molar-refractivity contribution is 9.10. The van der Waals surface area contributed by atoms with E-state index in [9.17, 15) is 4.39 Å². The van der Waals surface area contributed by atoms with Gasteiger partial charge in [-0.15, -0.1) is 0 Å². The zero-order chi connectivity index (χ0) is 14.1. The van der Waals surface area contributed by atoms with Crippen LogP contribution < -0.4 is 5.32 Å². The molecule has 20 heavy (non-hydrogen) atoms. The Morgan fingerprint density at radius 3 is 2.85 bits per heavy atom. The van der Waals surface area contributed by atoms with E-state index >= 15 is 0 Å². The van der Waals surface area contributed by atoms with Gasteiger partial charge in [0.05, 0.1) is 4.47 Å². The molecule has 1 nitrogen and oxygen atoms in total. The van der Waals surface area contributed by atoms with Gasteiger partial charge >= 0.3 is 0 Å². The first-order valence-electron chi connectivity index (χ1n) is 7.86. The van der Waals surface area contributed by atoms with Crippen LogP contribution in [0, 0.1) is 23.6 Å². The molecule has 2 fully saturated rings. The van der Waals surface area contributed by atoms with Gasteiger partial charge in [-0.3, -0.25) is 0 Å². The second kappa shape index (κ2) is 6.15. The second-order valence-electron chi connectivity index (χ2n) is 6.42. The lowest BCUT2D eigenvalue weighted by Crippen LogP contribution is -2.26. The Balaban J connectivity index is 1.77. The molecular weight excluding hydrogens is 317 g/mol. The Labute approximate surface area is 129 Å². The average molecular weight is 340 g/mol. The van der Waals surface area contributed by atoms with Crippen LogP contribution >= 0.6 is 15.9 Å². The zero-order valence-corrected chi connectivity index (χ0v) is 13.6. The molecule has 2 aliphatic rings. The third kappa shape index (κ3) is 2.80. The largest absolute Gasteiger partial charge is 0.310 e. The fourth-order valence-electron chi connectivity index (χ4n) is 4.32. The van der Waals surface area contributed by atoms with E-state index in [4.69, 9.17) is 0 Å². The van der Waals surface area contributed by atoms with Gasteiger partial charge in [0, 0.05) is 6.04 Å². The summed E-state index contributed by atoms with van der Waals surface area (Å²) in [4.78, 5) is 0. The molecule has 2 saturated carbocycles. The molecule has 0 saturated heterocycles. The predicted molar refractivity (Wildman–Crippen MR) is 84.1 cm³/mol. The Morgan fingerprint density at radius 2 is 2.20 bits per heavy atom. The number of halogens is 2. The van der Waals surface area contributed by atoms with Crippen molar-refractivity contribution in [1.82, 2.24) is 5.32 Å². The first kappa shape index (κ1) is 14.5. The highest BCUT2D eigenvalue weighted by atomic mass is 79.9. The molecule has 2 aliphatic carbocycles. The Hall–Kier alpha value is -0.410. The van der Waals surface area contributed by atoms with Gasteiger partial charge in [0.1, 0.15) is 5.82 Å². The lowest BCUT2D eigenvalue weighted by atomic mass is 9.82. The highest BCUT2D eigenvalue weighted by Crippen LogP contribution is 2.51. The SMILES string of the molecule is CCNC(CC1CC2CCC1C2)c1cccc(F)c1Br. The highest BCUT2D eigenvalue weighted by Gasteiger charge is 2.40. The monoisotopic (exact) mass is 339 g/mol. The molecule has 4 atom stereocenters. The first-order valence-corrected chi connectivity index (χ1v) is 8.65. The third-order valence-corrected chi connectivity index (χ3v) is 6.07. The van der Waals surface area contributed by atoms with Crippen LogP contribution in [-0.2, 0) is 0 Å². The van der Waals surface area contributed by atoms with Crippen LogP contribution in [0.3, 0.4) is 0 Å². The molecule has 4 unspecified atom stereocenters. The van der Waals surface area contributed by atoms with E-state index in [0.717, 1.165) is 36.3 Å². The van der Waals surface area contributed by atoms with E-state index in [1.54, 1.807) is 0 Å². The molecule has 0 spiro atoms. The number of fused-ring (bicyclic) bond motifs is 2. The van der Waals surface area contributed by atoms with Gasteiger partial charge < -0.3 is 5.32 Å². The van der Waals surface area contributed by atoms with Crippen LogP contribution in [0.4, 0.5) is 4.39 Å². The van der Waals surface area contributed by atoms with Gasteiger partial charge in [-0.25, -0.2) is 4.39 Å². The molecule has 0 aromatic heterocycles. The van der Waals surface area contributed by atoms with Crippen LogP contribution in [0.1, 0.15) is 50.6 Å². The molecule has 3 rings (SSSR count). The van der Waals surface area contributed by atoms with Crippen molar-refractivity contribution in [3.63, 3.8) is 0 Å². The van der Waals surface area contributed by atoms with Gasteiger partial charge in [-0.2, -0.15) is 0 Å². The molecule has 110 valence electrons. The zero-order valence-electron chi connectivity index (χ0n) is 12.0. The topological polar surface area (TPSA) is 12.0 Å². The lowest BCUT2D eigenvalue weighted by Gasteiger charge is -2.28. The summed E-state index contributed by atoms with van der Waals surface area (Å²) in [5.74, 6) is 2.57. The minimum absolute atomic E-state index is 0.154. The van der Waals surface area contributed by atoms with Crippen molar-refractivity contribution in [2.75, 3.05) is 6.54 Å². The predicted octanol–water partition coefficient (Wildman–Crippen LogP) is 5.07. The van der Waals surface area contributed by atoms with Crippen molar-refractivity contribution in [3.05, 3.63) is 34.1 Å². The van der Waals surface area contributed by atoms with Gasteiger partial charge in [-0.1, -0.05) is 25.5 Å². The molecule has 1 aromatic carbocycles. The molecule has 3 heteroatoms. The lowest BCUT2D eigenvalue weighted by molar-refractivity contribution is 0.280. The third-order valence-electron chi connectivity index (χ3n) is 5.23. The Kier molecular flexibility index (Phi) is 4.46. The smallest absolute Gasteiger partial charge is 0.137 e. The van der Waals surface area contributed by atoms with Crippen LogP contribution in [0.2, 0.25) is 0 Å². The number of nitrogens with one attached hydrogen (secondary N) is 1. The molecule has 0 radical (unpaired) electrons. The van der Waals surface area contributed by atoms with Gasteiger partial charge in [0.15, 0.2) is 0 Å². The minimum atomic E-state index is -0.154. The fraction of sp³-hybridized carbons (Fsp3) is 0.647. The molecule has 1 aromatic rings. The maximum atomic E-state index is 13.8. The standard InChI is InChI=1S/C17H23BrFN/c1-2-20-16(14-4-3-5-15(19)17(14)18)10-13-9-11-6-7-12(13)8-11/h3-5,11-13,16,20H,2,6-10H2,1H3. The second-order valence-corrected chi connectivity index (χ2v) is 7.22. The van der Waals surface area contributed by atoms with Crippen LogP contribution in [0.15, 0.2) is 22.7 Å². The number of benzene rings is 1. The molecule has 0 heterocycles. The molecule has 2 bridgehead atoms. The van der Waals surface area contributed by atoms with Crippen molar-refractivity contribution in [3.8, 4) is 0 Å². The molecule has 0 aliphatic heterocycles. The van der Waals surface area contributed by atoms with Gasteiger partial charge in [-0.05, 0) is 77.5 Å². The summed E-state index contributed by atoms with van der Waals surface area (Å²) >= 11 is 3.43.